The molecule has 0 nitrogen and oxygen atoms in total. The average molecular weight is 235 g/mol. The summed E-state index contributed by atoms with van der Waals surface area (Å²) in [6.07, 6.45) is 0. The molecule has 0 aliphatic rings. The number of halogens is 3. The summed E-state index contributed by atoms with van der Waals surface area (Å²) in [7, 11) is 5.77. The maximum absolute atomic E-state index is 5.77. The second-order valence-corrected chi connectivity index (χ2v) is 7.21. The Bertz CT molecular complexity index is 73.7. The first-order valence-electron chi connectivity index (χ1n) is 2.06. The van der Waals surface area contributed by atoms with Gasteiger partial charge in [0.15, 0.2) is 0 Å². The third-order valence-electron chi connectivity index (χ3n) is 0.516. The molecule has 0 aromatic rings. The van der Waals surface area contributed by atoms with Crippen molar-refractivity contribution in [3.8, 4) is 0 Å². The van der Waals surface area contributed by atoms with Crippen LogP contribution in [0.3, 0.4) is 0 Å². The fourth-order valence-electron chi connectivity index (χ4n) is 0.216. The molecule has 4 heteroatoms. The summed E-state index contributed by atoms with van der Waals surface area (Å²) in [6.45, 7) is 0. The fourth-order valence-corrected chi connectivity index (χ4v) is 4.26. The molecule has 0 amide bonds. The Morgan fingerprint density at radius 2 is 2.12 bits per heavy atom. The zero-order valence-corrected chi connectivity index (χ0v) is 8.29. The van der Waals surface area contributed by atoms with Crippen molar-refractivity contribution in [1.29, 1.82) is 0 Å². The number of hydrogen-bond donors (Lipinski definition) is 0. The van der Waals surface area contributed by atoms with E-state index in [0.717, 1.165) is 5.21 Å². The molecule has 0 spiro atoms. The molecule has 0 N–H and O–H groups in total. The van der Waals surface area contributed by atoms with Crippen molar-refractivity contribution in [2.45, 2.75) is 5.21 Å². The Hall–Kier alpha value is 1.17. The van der Waals surface area contributed by atoms with Crippen LogP contribution in [-0.2, 0) is 0 Å². The van der Waals surface area contributed by atoms with E-state index in [1.54, 1.807) is 0 Å². The van der Waals surface area contributed by atoms with Gasteiger partial charge in [0.1, 0.15) is 0 Å². The van der Waals surface area contributed by atoms with E-state index in [4.69, 9.17) is 33.2 Å². The van der Waals surface area contributed by atoms with Gasteiger partial charge in [0.25, 0.3) is 0 Å². The number of alkyl halides is 1. The summed E-state index contributed by atoms with van der Waals surface area (Å²) in [6, 6.07) is 0. The number of hydrogen-bond acceptors (Lipinski definition) is 0. The predicted octanol–water partition coefficient (Wildman–Crippen LogP) is 2.75. The van der Waals surface area contributed by atoms with Crippen LogP contribution in [0.4, 0.5) is 0 Å². The van der Waals surface area contributed by atoms with Gasteiger partial charge in [-0.1, -0.05) is 0 Å². The zero-order valence-electron chi connectivity index (χ0n) is 4.15. The van der Waals surface area contributed by atoms with Crippen molar-refractivity contribution in [2.24, 2.45) is 0 Å². The van der Waals surface area contributed by atoms with Crippen molar-refractivity contribution >= 4 is 46.9 Å². The molecule has 0 fully saturated rings. The fraction of sp³-hybridized carbons (Fsp3) is 0.500. The third-order valence-corrected chi connectivity index (χ3v) is 5.61. The van der Waals surface area contributed by atoms with Crippen LogP contribution in [-0.4, -0.2) is 19.6 Å². The van der Waals surface area contributed by atoms with E-state index in [2.05, 4.69) is 0 Å². The Morgan fingerprint density at radius 1 is 1.50 bits per heavy atom. The average Bonchev–Trinajstić information content (AvgIpc) is 1.68. The summed E-state index contributed by atoms with van der Waals surface area (Å²) >= 11 is 9.44. The van der Waals surface area contributed by atoms with Crippen LogP contribution < -0.4 is 0 Å². The molecule has 0 saturated carbocycles. The van der Waals surface area contributed by atoms with E-state index >= 15 is 0 Å². The van der Waals surface area contributed by atoms with E-state index in [1.165, 1.54) is 5.54 Å². The second kappa shape index (κ2) is 6.29. The van der Waals surface area contributed by atoms with Crippen LogP contribution in [0.2, 0.25) is 5.21 Å². The third kappa shape index (κ3) is 5.31. The maximum atomic E-state index is 5.77. The van der Waals surface area contributed by atoms with Gasteiger partial charge in [0.05, 0.1) is 0 Å². The Morgan fingerprint density at radius 3 is 2.50 bits per heavy atom. The molecule has 0 heterocycles. The minimum atomic E-state index is -1.23. The van der Waals surface area contributed by atoms with Gasteiger partial charge in [-0.3, -0.25) is 0 Å². The van der Waals surface area contributed by atoms with Gasteiger partial charge in [-0.05, 0) is 0 Å². The molecular weight excluding hydrogens is 229 g/mol. The minimum absolute atomic E-state index is 0.644. The molecule has 0 aliphatic carbocycles. The summed E-state index contributed by atoms with van der Waals surface area (Å²) in [4.78, 5) is 1.85. The monoisotopic (exact) mass is 234 g/mol. The van der Waals surface area contributed by atoms with Crippen molar-refractivity contribution in [1.82, 2.24) is 0 Å². The molecular formula is C4H6AsCl3. The van der Waals surface area contributed by atoms with E-state index in [-0.39, 0.29) is 0 Å². The summed E-state index contributed by atoms with van der Waals surface area (Å²) in [5.41, 5.74) is 1.47. The SMILES string of the molecule is Cl/C=C/[As](Cl)CCCl. The van der Waals surface area contributed by atoms with E-state index in [0.29, 0.717) is 5.88 Å². The van der Waals surface area contributed by atoms with E-state index in [9.17, 15) is 0 Å². The van der Waals surface area contributed by atoms with Crippen LogP contribution in [0.1, 0.15) is 0 Å². The van der Waals surface area contributed by atoms with Gasteiger partial charge in [-0.2, -0.15) is 0 Å². The van der Waals surface area contributed by atoms with E-state index in [1.807, 2.05) is 4.86 Å². The topological polar surface area (TPSA) is 0 Å². The second-order valence-electron chi connectivity index (χ2n) is 1.09. The molecule has 48 valence electrons. The molecule has 1 atom stereocenters. The molecule has 8 heavy (non-hydrogen) atoms. The molecule has 0 bridgehead atoms. The summed E-state index contributed by atoms with van der Waals surface area (Å²) in [5, 5.41) is 0.916. The van der Waals surface area contributed by atoms with Gasteiger partial charge in [0, 0.05) is 0 Å². The van der Waals surface area contributed by atoms with E-state index < -0.39 is 13.7 Å². The standard InChI is InChI=1S/C4H6AsCl3/c6-3-1-5(8)2-4-7/h1,3H,2,4H2/b3-1+. The first-order valence-corrected chi connectivity index (χ1v) is 7.91. The molecule has 0 aromatic carbocycles. The first-order chi connectivity index (χ1) is 3.81. The summed E-state index contributed by atoms with van der Waals surface area (Å²) in [5.74, 6) is 0.644. The van der Waals surface area contributed by atoms with Crippen LogP contribution in [0, 0.1) is 0 Å². The number of rotatable bonds is 3. The van der Waals surface area contributed by atoms with Crippen LogP contribution in [0.25, 0.3) is 0 Å². The summed E-state index contributed by atoms with van der Waals surface area (Å²) < 4.78 is 0. The molecule has 0 saturated heterocycles. The van der Waals surface area contributed by atoms with Gasteiger partial charge in [0.2, 0.25) is 0 Å². The van der Waals surface area contributed by atoms with Crippen molar-refractivity contribution in [3.05, 3.63) is 10.4 Å². The Labute approximate surface area is 68.2 Å². The van der Waals surface area contributed by atoms with Crippen LogP contribution in [0.5, 0.6) is 0 Å². The van der Waals surface area contributed by atoms with Crippen molar-refractivity contribution in [3.63, 3.8) is 0 Å². The molecule has 0 rings (SSSR count). The zero-order chi connectivity index (χ0) is 6.41. The molecule has 0 radical (unpaired) electrons. The normalized spacial score (nSPS) is 14.9. The van der Waals surface area contributed by atoms with Gasteiger partial charge >= 0.3 is 68.3 Å². The van der Waals surface area contributed by atoms with Crippen LogP contribution >= 0.6 is 33.2 Å². The predicted molar refractivity (Wildman–Crippen MR) is 42.1 cm³/mol. The van der Waals surface area contributed by atoms with Gasteiger partial charge in [-0.25, -0.2) is 0 Å². The first kappa shape index (κ1) is 9.17. The Balaban J connectivity index is 3.17. The molecule has 1 unspecified atom stereocenters. The van der Waals surface area contributed by atoms with Gasteiger partial charge in [-0.15, -0.1) is 0 Å². The van der Waals surface area contributed by atoms with Crippen LogP contribution in [0.15, 0.2) is 10.4 Å². The Kier molecular flexibility index (Phi) is 7.21. The molecule has 0 aromatic heterocycles. The quantitative estimate of drug-likeness (QED) is 0.521. The molecule has 0 aliphatic heterocycles. The van der Waals surface area contributed by atoms with Crippen molar-refractivity contribution < 1.29 is 0 Å². The van der Waals surface area contributed by atoms with Crippen molar-refractivity contribution in [2.75, 3.05) is 5.88 Å². The van der Waals surface area contributed by atoms with Gasteiger partial charge < -0.3 is 0 Å².